The average Bonchev–Trinajstić information content (AvgIpc) is 3.44. The lowest BCUT2D eigenvalue weighted by Gasteiger charge is -2.24. The van der Waals surface area contributed by atoms with Crippen LogP contribution in [0.4, 0.5) is 0 Å². The van der Waals surface area contributed by atoms with Gasteiger partial charge in [-0.1, -0.05) is 18.2 Å². The Kier molecular flexibility index (Phi) is 6.42. The molecule has 0 radical (unpaired) electrons. The number of rotatable bonds is 7. The van der Waals surface area contributed by atoms with Crippen LogP contribution in [0.15, 0.2) is 59.5 Å². The van der Waals surface area contributed by atoms with E-state index in [1.54, 1.807) is 80.8 Å². The number of carbonyl (C=O) groups is 1. The molecule has 0 spiro atoms. The lowest BCUT2D eigenvalue weighted by atomic mass is 10.1. The topological polar surface area (TPSA) is 90.7 Å². The van der Waals surface area contributed by atoms with Crippen molar-refractivity contribution in [3.05, 3.63) is 60.3 Å². The number of sulfone groups is 1. The predicted octanol–water partition coefficient (Wildman–Crippen LogP) is 3.18. The first-order chi connectivity index (χ1) is 15.8. The van der Waals surface area contributed by atoms with Crippen molar-refractivity contribution < 1.29 is 22.7 Å². The van der Waals surface area contributed by atoms with Gasteiger partial charge in [0.15, 0.2) is 9.84 Å². The molecule has 1 atom stereocenters. The smallest absolute Gasteiger partial charge is 0.272 e. The SMILES string of the molecule is COc1ccc(OC)c(-c2cc(C(=O)N3CCCC3CS(=O)(=O)c3ccccc3)n(C)n2)c1. The maximum Gasteiger partial charge on any atom is 0.272 e. The molecule has 9 heteroatoms. The minimum Gasteiger partial charge on any atom is -0.497 e. The van der Waals surface area contributed by atoms with Crippen molar-refractivity contribution in [3.63, 3.8) is 0 Å². The van der Waals surface area contributed by atoms with Crippen LogP contribution in [-0.4, -0.2) is 61.6 Å². The first kappa shape index (κ1) is 22.8. The van der Waals surface area contributed by atoms with Crippen LogP contribution in [0.3, 0.4) is 0 Å². The normalized spacial score (nSPS) is 16.1. The first-order valence-electron chi connectivity index (χ1n) is 10.7. The minimum absolute atomic E-state index is 0.100. The molecule has 2 aromatic carbocycles. The summed E-state index contributed by atoms with van der Waals surface area (Å²) in [6.45, 7) is 0.511. The fraction of sp³-hybridized carbons (Fsp3) is 0.333. The van der Waals surface area contributed by atoms with E-state index in [0.717, 1.165) is 6.42 Å². The largest absolute Gasteiger partial charge is 0.497 e. The number of ether oxygens (including phenoxy) is 2. The van der Waals surface area contributed by atoms with Gasteiger partial charge in [0.05, 0.1) is 30.6 Å². The van der Waals surface area contributed by atoms with Gasteiger partial charge in [0, 0.05) is 25.2 Å². The summed E-state index contributed by atoms with van der Waals surface area (Å²) in [7, 11) is 1.35. The quantitative estimate of drug-likeness (QED) is 0.528. The Morgan fingerprint density at radius 3 is 2.55 bits per heavy atom. The van der Waals surface area contributed by atoms with Gasteiger partial charge in [0.1, 0.15) is 17.2 Å². The molecule has 1 fully saturated rings. The average molecular weight is 470 g/mol. The summed E-state index contributed by atoms with van der Waals surface area (Å²) in [5.74, 6) is 0.928. The van der Waals surface area contributed by atoms with Gasteiger partial charge in [-0.2, -0.15) is 5.10 Å². The number of likely N-dealkylation sites (tertiary alicyclic amines) is 1. The molecule has 1 unspecified atom stereocenters. The van der Waals surface area contributed by atoms with Crippen molar-refractivity contribution in [1.29, 1.82) is 0 Å². The lowest BCUT2D eigenvalue weighted by molar-refractivity contribution is 0.0738. The highest BCUT2D eigenvalue weighted by molar-refractivity contribution is 7.91. The summed E-state index contributed by atoms with van der Waals surface area (Å²) in [4.78, 5) is 15.4. The molecular weight excluding hydrogens is 442 g/mol. The zero-order chi connectivity index (χ0) is 23.6. The summed E-state index contributed by atoms with van der Waals surface area (Å²) in [6.07, 6.45) is 1.40. The molecule has 2 heterocycles. The van der Waals surface area contributed by atoms with Crippen LogP contribution in [0.5, 0.6) is 11.5 Å². The molecule has 4 rings (SSSR count). The second-order valence-corrected chi connectivity index (χ2v) is 10.0. The molecule has 1 aliphatic rings. The molecule has 1 saturated heterocycles. The molecule has 1 amide bonds. The summed E-state index contributed by atoms with van der Waals surface area (Å²) in [5.41, 5.74) is 1.67. The lowest BCUT2D eigenvalue weighted by Crippen LogP contribution is -2.40. The third-order valence-electron chi connectivity index (χ3n) is 5.93. The Balaban J connectivity index is 1.60. The number of nitrogens with zero attached hydrogens (tertiary/aromatic N) is 3. The van der Waals surface area contributed by atoms with E-state index in [0.29, 0.717) is 41.4 Å². The van der Waals surface area contributed by atoms with E-state index in [1.165, 1.54) is 4.68 Å². The van der Waals surface area contributed by atoms with Gasteiger partial charge in [-0.3, -0.25) is 9.48 Å². The van der Waals surface area contributed by atoms with Crippen molar-refractivity contribution in [2.24, 2.45) is 7.05 Å². The number of aryl methyl sites for hydroxylation is 1. The van der Waals surface area contributed by atoms with Crippen LogP contribution < -0.4 is 9.47 Å². The van der Waals surface area contributed by atoms with Crippen LogP contribution in [0.2, 0.25) is 0 Å². The molecule has 0 bridgehead atoms. The summed E-state index contributed by atoms with van der Waals surface area (Å²) < 4.78 is 38.1. The van der Waals surface area contributed by atoms with Gasteiger partial charge in [0.25, 0.3) is 5.91 Å². The Labute approximate surface area is 193 Å². The number of carbonyl (C=O) groups excluding carboxylic acids is 1. The van der Waals surface area contributed by atoms with E-state index < -0.39 is 9.84 Å². The molecule has 33 heavy (non-hydrogen) atoms. The van der Waals surface area contributed by atoms with E-state index >= 15 is 0 Å². The second-order valence-electron chi connectivity index (χ2n) is 7.99. The molecule has 8 nitrogen and oxygen atoms in total. The Hall–Kier alpha value is -3.33. The zero-order valence-corrected chi connectivity index (χ0v) is 19.7. The van der Waals surface area contributed by atoms with Crippen LogP contribution in [0.1, 0.15) is 23.3 Å². The van der Waals surface area contributed by atoms with Crippen LogP contribution in [-0.2, 0) is 16.9 Å². The number of benzene rings is 2. The molecule has 0 saturated carbocycles. The van der Waals surface area contributed by atoms with Crippen molar-refractivity contribution in [1.82, 2.24) is 14.7 Å². The highest BCUT2D eigenvalue weighted by atomic mass is 32.2. The van der Waals surface area contributed by atoms with Crippen LogP contribution in [0, 0.1) is 0 Å². The fourth-order valence-electron chi connectivity index (χ4n) is 4.21. The summed E-state index contributed by atoms with van der Waals surface area (Å²) in [6, 6.07) is 15.1. The Morgan fingerprint density at radius 2 is 1.85 bits per heavy atom. The number of amides is 1. The second kappa shape index (κ2) is 9.27. The number of hydrogen-bond acceptors (Lipinski definition) is 6. The van der Waals surface area contributed by atoms with E-state index in [1.807, 2.05) is 0 Å². The van der Waals surface area contributed by atoms with E-state index in [2.05, 4.69) is 5.10 Å². The molecule has 1 aliphatic heterocycles. The number of methoxy groups -OCH3 is 2. The Morgan fingerprint density at radius 1 is 1.09 bits per heavy atom. The molecule has 174 valence electrons. The van der Waals surface area contributed by atoms with Crippen molar-refractivity contribution >= 4 is 15.7 Å². The first-order valence-corrected chi connectivity index (χ1v) is 12.3. The van der Waals surface area contributed by atoms with Crippen LogP contribution >= 0.6 is 0 Å². The van der Waals surface area contributed by atoms with Gasteiger partial charge in [-0.05, 0) is 49.2 Å². The maximum atomic E-state index is 13.4. The fourth-order valence-corrected chi connectivity index (χ4v) is 5.83. The van der Waals surface area contributed by atoms with Gasteiger partial charge in [-0.15, -0.1) is 0 Å². The van der Waals surface area contributed by atoms with Crippen LogP contribution in [0.25, 0.3) is 11.3 Å². The third-order valence-corrected chi connectivity index (χ3v) is 7.75. The van der Waals surface area contributed by atoms with Gasteiger partial charge in [-0.25, -0.2) is 8.42 Å². The van der Waals surface area contributed by atoms with E-state index in [-0.39, 0.29) is 22.6 Å². The molecule has 1 aromatic heterocycles. The third kappa shape index (κ3) is 4.59. The maximum absolute atomic E-state index is 13.4. The van der Waals surface area contributed by atoms with Crippen molar-refractivity contribution in [2.45, 2.75) is 23.8 Å². The van der Waals surface area contributed by atoms with E-state index in [4.69, 9.17) is 9.47 Å². The van der Waals surface area contributed by atoms with Crippen molar-refractivity contribution in [3.8, 4) is 22.8 Å². The van der Waals surface area contributed by atoms with Gasteiger partial charge < -0.3 is 14.4 Å². The summed E-state index contributed by atoms with van der Waals surface area (Å²) in [5, 5.41) is 4.52. The molecular formula is C24H27N3O5S. The number of aromatic nitrogens is 2. The van der Waals surface area contributed by atoms with Gasteiger partial charge in [0.2, 0.25) is 0 Å². The standard InChI is InChI=1S/C24H27N3O5S/c1-26-22(15-21(25-26)20-14-18(31-2)11-12-23(20)32-3)24(28)27-13-7-8-17(27)16-33(29,30)19-9-5-4-6-10-19/h4-6,9-12,14-15,17H,7-8,13,16H2,1-3H3. The molecule has 0 aliphatic carbocycles. The Bertz CT molecular complexity index is 1250. The highest BCUT2D eigenvalue weighted by Gasteiger charge is 2.35. The van der Waals surface area contributed by atoms with Crippen molar-refractivity contribution in [2.75, 3.05) is 26.5 Å². The summed E-state index contributed by atoms with van der Waals surface area (Å²) >= 11 is 0. The zero-order valence-electron chi connectivity index (χ0n) is 18.9. The van der Waals surface area contributed by atoms with E-state index in [9.17, 15) is 13.2 Å². The molecule has 3 aromatic rings. The molecule has 0 N–H and O–H groups in total. The number of hydrogen-bond donors (Lipinski definition) is 0. The predicted molar refractivity (Wildman–Crippen MR) is 124 cm³/mol. The van der Waals surface area contributed by atoms with Gasteiger partial charge >= 0.3 is 0 Å². The monoisotopic (exact) mass is 469 g/mol. The highest BCUT2D eigenvalue weighted by Crippen LogP contribution is 2.33. The minimum atomic E-state index is -3.50.